The van der Waals surface area contributed by atoms with Gasteiger partial charge in [-0.2, -0.15) is 0 Å². The number of halogens is 2. The number of nitrogens with one attached hydrogen (secondary N) is 1. The lowest BCUT2D eigenvalue weighted by Gasteiger charge is -2.14. The van der Waals surface area contributed by atoms with Crippen molar-refractivity contribution in [2.24, 2.45) is 0 Å². The first kappa shape index (κ1) is 12.2. The molecular weight excluding hydrogens is 269 g/mol. The van der Waals surface area contributed by atoms with Gasteiger partial charge in [-0.05, 0) is 22.0 Å². The maximum atomic E-state index is 13.5. The molecule has 0 aliphatic carbocycles. The molecule has 0 atom stereocenters. The number of benzene rings is 1. The van der Waals surface area contributed by atoms with E-state index in [0.717, 1.165) is 0 Å². The van der Waals surface area contributed by atoms with E-state index < -0.39 is 5.82 Å². The molecule has 0 aliphatic rings. The van der Waals surface area contributed by atoms with Gasteiger partial charge in [0.1, 0.15) is 0 Å². The Morgan fingerprint density at radius 3 is 2.47 bits per heavy atom. The van der Waals surface area contributed by atoms with Crippen LogP contribution in [-0.4, -0.2) is 19.4 Å². The van der Waals surface area contributed by atoms with Gasteiger partial charge in [0, 0.05) is 12.1 Å². The van der Waals surface area contributed by atoms with Crippen LogP contribution < -0.4 is 15.0 Å². The van der Waals surface area contributed by atoms with Crippen molar-refractivity contribution in [2.75, 3.05) is 14.2 Å². The lowest BCUT2D eigenvalue weighted by Crippen LogP contribution is -2.09. The summed E-state index contributed by atoms with van der Waals surface area (Å²) in [5.41, 5.74) is 2.57. The van der Waals surface area contributed by atoms with Gasteiger partial charge < -0.3 is 14.7 Å². The molecule has 15 heavy (non-hydrogen) atoms. The third-order valence-corrected chi connectivity index (χ3v) is 2.46. The summed E-state index contributed by atoms with van der Waals surface area (Å²) < 4.78 is 23.7. The molecule has 0 amide bonds. The first-order valence-electron chi connectivity index (χ1n) is 4.11. The smallest absolute Gasteiger partial charge is 0.198 e. The molecule has 0 aromatic heterocycles. The zero-order valence-corrected chi connectivity index (χ0v) is 9.89. The topological polar surface area (TPSA) is 50.7 Å². The van der Waals surface area contributed by atoms with E-state index in [4.69, 9.17) is 14.7 Å². The van der Waals surface area contributed by atoms with Crippen LogP contribution in [0.3, 0.4) is 0 Å². The largest absolute Gasteiger partial charge is 0.492 e. The summed E-state index contributed by atoms with van der Waals surface area (Å²) >= 11 is 3.05. The van der Waals surface area contributed by atoms with Gasteiger partial charge in [-0.1, -0.05) is 0 Å². The van der Waals surface area contributed by atoms with Crippen LogP contribution in [0.1, 0.15) is 5.56 Å². The first-order chi connectivity index (χ1) is 7.15. The number of ether oxygens (including phenoxy) is 2. The van der Waals surface area contributed by atoms with Crippen molar-refractivity contribution < 1.29 is 19.1 Å². The van der Waals surface area contributed by atoms with Crippen LogP contribution in [0.5, 0.6) is 11.5 Å². The second kappa shape index (κ2) is 5.29. The minimum atomic E-state index is -0.531. The van der Waals surface area contributed by atoms with Gasteiger partial charge in [-0.3, -0.25) is 0 Å². The van der Waals surface area contributed by atoms with E-state index >= 15 is 0 Å². The average Bonchev–Trinajstić information content (AvgIpc) is 2.23. The van der Waals surface area contributed by atoms with Crippen molar-refractivity contribution in [3.8, 4) is 11.5 Å². The number of hydroxylamine groups is 1. The molecule has 6 heteroatoms. The molecule has 0 saturated heterocycles. The molecular formula is C9H11BrFNO3. The Bertz CT molecular complexity index is 360. The second-order valence-electron chi connectivity index (χ2n) is 2.73. The number of rotatable bonds is 4. The van der Waals surface area contributed by atoms with E-state index in [1.54, 1.807) is 0 Å². The highest BCUT2D eigenvalue weighted by atomic mass is 79.9. The van der Waals surface area contributed by atoms with Crippen molar-refractivity contribution in [1.29, 1.82) is 0 Å². The van der Waals surface area contributed by atoms with Crippen LogP contribution in [0.25, 0.3) is 0 Å². The van der Waals surface area contributed by atoms with Gasteiger partial charge in [0.25, 0.3) is 0 Å². The van der Waals surface area contributed by atoms with Crippen molar-refractivity contribution in [2.45, 2.75) is 6.54 Å². The van der Waals surface area contributed by atoms with Crippen LogP contribution >= 0.6 is 15.9 Å². The Labute approximate surface area is 95.1 Å². The quantitative estimate of drug-likeness (QED) is 0.829. The SMILES string of the molecule is COc1c(CNO)cc(Br)c(F)c1OC. The molecule has 0 aliphatic heterocycles. The predicted molar refractivity (Wildman–Crippen MR) is 55.8 cm³/mol. The molecule has 2 N–H and O–H groups in total. The van der Waals surface area contributed by atoms with Gasteiger partial charge >= 0.3 is 0 Å². The Hall–Kier alpha value is -0.850. The lowest BCUT2D eigenvalue weighted by atomic mass is 10.2. The van der Waals surface area contributed by atoms with Crippen LogP contribution in [0, 0.1) is 5.82 Å². The van der Waals surface area contributed by atoms with Crippen molar-refractivity contribution in [3.05, 3.63) is 21.9 Å². The monoisotopic (exact) mass is 279 g/mol. The normalized spacial score (nSPS) is 10.2. The standard InChI is InChI=1S/C9H11BrFNO3/c1-14-8-5(4-12-13)3-6(10)7(11)9(8)15-2/h3,12-13H,4H2,1-2H3. The van der Waals surface area contributed by atoms with Crippen molar-refractivity contribution >= 4 is 15.9 Å². The predicted octanol–water partition coefficient (Wildman–Crippen LogP) is 2.08. The van der Waals surface area contributed by atoms with E-state index in [1.807, 2.05) is 5.48 Å². The zero-order valence-electron chi connectivity index (χ0n) is 8.30. The van der Waals surface area contributed by atoms with Gasteiger partial charge in [-0.25, -0.2) is 9.87 Å². The van der Waals surface area contributed by atoms with E-state index in [2.05, 4.69) is 15.9 Å². The van der Waals surface area contributed by atoms with Crippen LogP contribution in [0.4, 0.5) is 4.39 Å². The molecule has 1 rings (SSSR count). The van der Waals surface area contributed by atoms with Gasteiger partial charge in [0.15, 0.2) is 17.3 Å². The number of methoxy groups -OCH3 is 2. The molecule has 1 aromatic rings. The van der Waals surface area contributed by atoms with E-state index in [0.29, 0.717) is 5.56 Å². The van der Waals surface area contributed by atoms with E-state index in [-0.39, 0.29) is 22.5 Å². The molecule has 0 spiro atoms. The second-order valence-corrected chi connectivity index (χ2v) is 3.59. The Balaban J connectivity index is 3.33. The lowest BCUT2D eigenvalue weighted by molar-refractivity contribution is 0.159. The number of hydrogen-bond donors (Lipinski definition) is 2. The molecule has 0 fully saturated rings. The minimum absolute atomic E-state index is 0.0112. The third kappa shape index (κ3) is 2.39. The summed E-state index contributed by atoms with van der Waals surface area (Å²) in [5.74, 6) is -0.257. The molecule has 0 heterocycles. The minimum Gasteiger partial charge on any atom is -0.492 e. The van der Waals surface area contributed by atoms with Crippen LogP contribution in [-0.2, 0) is 6.54 Å². The average molecular weight is 280 g/mol. The Morgan fingerprint density at radius 1 is 1.40 bits per heavy atom. The molecule has 0 radical (unpaired) electrons. The fourth-order valence-corrected chi connectivity index (χ4v) is 1.71. The molecule has 4 nitrogen and oxygen atoms in total. The van der Waals surface area contributed by atoms with E-state index in [9.17, 15) is 4.39 Å². The fraction of sp³-hybridized carbons (Fsp3) is 0.333. The molecule has 84 valence electrons. The molecule has 0 saturated carbocycles. The highest BCUT2D eigenvalue weighted by molar-refractivity contribution is 9.10. The van der Waals surface area contributed by atoms with Crippen LogP contribution in [0.15, 0.2) is 10.5 Å². The Morgan fingerprint density at radius 2 is 2.00 bits per heavy atom. The zero-order chi connectivity index (χ0) is 11.4. The highest BCUT2D eigenvalue weighted by Gasteiger charge is 2.18. The van der Waals surface area contributed by atoms with Gasteiger partial charge in [-0.15, -0.1) is 0 Å². The molecule has 0 unspecified atom stereocenters. The summed E-state index contributed by atoms with van der Waals surface area (Å²) in [4.78, 5) is 0. The van der Waals surface area contributed by atoms with Gasteiger partial charge in [0.05, 0.1) is 18.7 Å². The number of hydrogen-bond acceptors (Lipinski definition) is 4. The maximum Gasteiger partial charge on any atom is 0.198 e. The maximum absolute atomic E-state index is 13.5. The molecule has 1 aromatic carbocycles. The summed E-state index contributed by atoms with van der Waals surface area (Å²) in [6.07, 6.45) is 0. The third-order valence-electron chi connectivity index (χ3n) is 1.89. The van der Waals surface area contributed by atoms with Crippen LogP contribution in [0.2, 0.25) is 0 Å². The Kier molecular flexibility index (Phi) is 4.31. The van der Waals surface area contributed by atoms with Crippen molar-refractivity contribution in [1.82, 2.24) is 5.48 Å². The van der Waals surface area contributed by atoms with Gasteiger partial charge in [0.2, 0.25) is 0 Å². The fourth-order valence-electron chi connectivity index (χ4n) is 1.26. The van der Waals surface area contributed by atoms with E-state index in [1.165, 1.54) is 20.3 Å². The van der Waals surface area contributed by atoms with Crippen molar-refractivity contribution in [3.63, 3.8) is 0 Å². The first-order valence-corrected chi connectivity index (χ1v) is 4.90. The summed E-state index contributed by atoms with van der Waals surface area (Å²) in [6, 6.07) is 1.51. The summed E-state index contributed by atoms with van der Waals surface area (Å²) in [5, 5.41) is 8.61. The summed E-state index contributed by atoms with van der Waals surface area (Å²) in [6.45, 7) is 0.137. The summed E-state index contributed by atoms with van der Waals surface area (Å²) in [7, 11) is 2.76. The molecule has 0 bridgehead atoms. The highest BCUT2D eigenvalue weighted by Crippen LogP contribution is 2.37.